The minimum Gasteiger partial charge on any atom is -0.316 e. The molecule has 166 valence electrons. The van der Waals surface area contributed by atoms with E-state index < -0.39 is 0 Å². The van der Waals surface area contributed by atoms with Gasteiger partial charge in [0.2, 0.25) is 5.91 Å². The van der Waals surface area contributed by atoms with E-state index in [1.54, 1.807) is 0 Å². The van der Waals surface area contributed by atoms with E-state index in [1.165, 1.54) is 39.3 Å². The standard InChI is InChI=1S/C24H20N4O2S3/c1-13-19(14-7-3-2-4-8-14)20-21(30)27-24(28-23(20)32-13)31-12-18(29)26-22-16(11-25)15-9-5-6-10-17(15)33-22/h2-4,7-8H,5-6,9-10,12H2,1H3,(H,26,29)(H,27,28,30). The summed E-state index contributed by atoms with van der Waals surface area (Å²) in [5.74, 6) is -0.122. The summed E-state index contributed by atoms with van der Waals surface area (Å²) in [6, 6.07) is 12.1. The zero-order valence-electron chi connectivity index (χ0n) is 17.9. The maximum Gasteiger partial charge on any atom is 0.260 e. The van der Waals surface area contributed by atoms with Crippen molar-refractivity contribution in [3.8, 4) is 17.2 Å². The number of thioether (sulfide) groups is 1. The fourth-order valence-electron chi connectivity index (χ4n) is 4.19. The van der Waals surface area contributed by atoms with Crippen LogP contribution in [0, 0.1) is 18.3 Å². The smallest absolute Gasteiger partial charge is 0.260 e. The number of aryl methyl sites for hydroxylation is 2. The molecule has 3 heterocycles. The van der Waals surface area contributed by atoms with Crippen LogP contribution in [-0.4, -0.2) is 21.6 Å². The van der Waals surface area contributed by atoms with E-state index in [0.717, 1.165) is 47.3 Å². The SMILES string of the molecule is Cc1sc2nc(SCC(=O)Nc3sc4c(c3C#N)CCCC4)[nH]c(=O)c2c1-c1ccccc1. The number of aromatic nitrogens is 2. The van der Waals surface area contributed by atoms with Gasteiger partial charge in [-0.05, 0) is 43.7 Å². The molecule has 0 fully saturated rings. The fraction of sp³-hybridized carbons (Fsp3) is 0.250. The Labute approximate surface area is 202 Å². The Morgan fingerprint density at radius 3 is 2.82 bits per heavy atom. The van der Waals surface area contributed by atoms with Crippen molar-refractivity contribution >= 4 is 55.6 Å². The molecule has 2 N–H and O–H groups in total. The summed E-state index contributed by atoms with van der Waals surface area (Å²) in [4.78, 5) is 35.8. The van der Waals surface area contributed by atoms with Crippen LogP contribution in [0.3, 0.4) is 0 Å². The summed E-state index contributed by atoms with van der Waals surface area (Å²) in [5.41, 5.74) is 3.38. The molecule has 0 spiro atoms. The van der Waals surface area contributed by atoms with Crippen molar-refractivity contribution in [2.45, 2.75) is 37.8 Å². The lowest BCUT2D eigenvalue weighted by molar-refractivity contribution is -0.113. The molecule has 0 unspecified atom stereocenters. The van der Waals surface area contributed by atoms with Crippen molar-refractivity contribution in [2.75, 3.05) is 11.1 Å². The van der Waals surface area contributed by atoms with Gasteiger partial charge in [-0.15, -0.1) is 22.7 Å². The molecule has 0 atom stereocenters. The zero-order valence-corrected chi connectivity index (χ0v) is 20.3. The number of hydrogen-bond donors (Lipinski definition) is 2. The molecular formula is C24H20N4O2S3. The van der Waals surface area contributed by atoms with Crippen molar-refractivity contribution in [3.05, 3.63) is 61.6 Å². The maximum atomic E-state index is 12.9. The van der Waals surface area contributed by atoms with Crippen LogP contribution >= 0.6 is 34.4 Å². The lowest BCUT2D eigenvalue weighted by Crippen LogP contribution is -2.15. The molecule has 33 heavy (non-hydrogen) atoms. The van der Waals surface area contributed by atoms with E-state index >= 15 is 0 Å². The van der Waals surface area contributed by atoms with Gasteiger partial charge in [-0.1, -0.05) is 42.1 Å². The molecule has 5 rings (SSSR count). The highest BCUT2D eigenvalue weighted by molar-refractivity contribution is 7.99. The van der Waals surface area contributed by atoms with Gasteiger partial charge in [-0.25, -0.2) is 4.98 Å². The number of rotatable bonds is 5. The Morgan fingerprint density at radius 1 is 1.24 bits per heavy atom. The summed E-state index contributed by atoms with van der Waals surface area (Å²) in [6.07, 6.45) is 4.07. The largest absolute Gasteiger partial charge is 0.316 e. The minimum absolute atomic E-state index is 0.0950. The molecule has 0 bridgehead atoms. The van der Waals surface area contributed by atoms with Crippen LogP contribution in [-0.2, 0) is 17.6 Å². The molecule has 0 radical (unpaired) electrons. The molecule has 4 aromatic rings. The number of nitriles is 1. The van der Waals surface area contributed by atoms with Gasteiger partial charge >= 0.3 is 0 Å². The number of fused-ring (bicyclic) bond motifs is 2. The van der Waals surface area contributed by atoms with E-state index in [4.69, 9.17) is 0 Å². The van der Waals surface area contributed by atoms with Crippen LogP contribution in [0.15, 0.2) is 40.3 Å². The highest BCUT2D eigenvalue weighted by Gasteiger charge is 2.22. The third-order valence-corrected chi connectivity index (χ3v) is 8.73. The Kier molecular flexibility index (Phi) is 6.06. The van der Waals surface area contributed by atoms with Gasteiger partial charge in [0.1, 0.15) is 15.9 Å². The number of carbonyl (C=O) groups excluding carboxylic acids is 1. The lowest BCUT2D eigenvalue weighted by atomic mass is 9.96. The summed E-state index contributed by atoms with van der Waals surface area (Å²) in [6.45, 7) is 1.99. The van der Waals surface area contributed by atoms with Gasteiger partial charge in [0.15, 0.2) is 5.16 Å². The third kappa shape index (κ3) is 4.22. The molecule has 1 aromatic carbocycles. The number of nitrogens with zero attached hydrogens (tertiary/aromatic N) is 2. The molecule has 0 saturated carbocycles. The number of aromatic amines is 1. The number of thiophene rings is 2. The number of amides is 1. The first-order chi connectivity index (χ1) is 16.0. The summed E-state index contributed by atoms with van der Waals surface area (Å²) in [5, 5.41) is 14.1. The first-order valence-corrected chi connectivity index (χ1v) is 13.2. The van der Waals surface area contributed by atoms with Gasteiger partial charge in [0.05, 0.1) is 16.7 Å². The van der Waals surface area contributed by atoms with Crippen molar-refractivity contribution < 1.29 is 4.79 Å². The fourth-order valence-corrected chi connectivity index (χ4v) is 7.21. The number of nitrogens with one attached hydrogen (secondary N) is 2. The normalized spacial score (nSPS) is 13.0. The van der Waals surface area contributed by atoms with E-state index in [9.17, 15) is 14.9 Å². The van der Waals surface area contributed by atoms with Gasteiger partial charge < -0.3 is 10.3 Å². The Bertz CT molecular complexity index is 1460. The number of hydrogen-bond acceptors (Lipinski definition) is 7. The first kappa shape index (κ1) is 21.9. The zero-order chi connectivity index (χ0) is 22.9. The molecule has 3 aromatic heterocycles. The average molecular weight is 493 g/mol. The molecule has 0 saturated heterocycles. The number of benzene rings is 1. The monoisotopic (exact) mass is 492 g/mol. The number of H-pyrrole nitrogens is 1. The molecule has 1 aliphatic rings. The van der Waals surface area contributed by atoms with Crippen LogP contribution in [0.25, 0.3) is 21.3 Å². The first-order valence-electron chi connectivity index (χ1n) is 10.6. The van der Waals surface area contributed by atoms with Crippen molar-refractivity contribution in [1.29, 1.82) is 5.26 Å². The van der Waals surface area contributed by atoms with Crippen LogP contribution in [0.1, 0.15) is 33.7 Å². The second kappa shape index (κ2) is 9.14. The lowest BCUT2D eigenvalue weighted by Gasteiger charge is -2.09. The highest BCUT2D eigenvalue weighted by Crippen LogP contribution is 2.38. The minimum atomic E-state index is -0.217. The summed E-state index contributed by atoms with van der Waals surface area (Å²) in [7, 11) is 0. The predicted molar refractivity (Wildman–Crippen MR) is 135 cm³/mol. The average Bonchev–Trinajstić information content (AvgIpc) is 3.34. The van der Waals surface area contributed by atoms with Gasteiger partial charge in [-0.3, -0.25) is 9.59 Å². The molecule has 1 amide bonds. The van der Waals surface area contributed by atoms with Crippen LogP contribution in [0.2, 0.25) is 0 Å². The second-order valence-electron chi connectivity index (χ2n) is 7.81. The van der Waals surface area contributed by atoms with E-state index in [-0.39, 0.29) is 17.2 Å². The van der Waals surface area contributed by atoms with E-state index in [0.29, 0.717) is 25.9 Å². The Morgan fingerprint density at radius 2 is 2.03 bits per heavy atom. The summed E-state index contributed by atoms with van der Waals surface area (Å²) >= 11 is 4.17. The number of anilines is 1. The van der Waals surface area contributed by atoms with Crippen molar-refractivity contribution in [1.82, 2.24) is 9.97 Å². The van der Waals surface area contributed by atoms with Gasteiger partial charge in [0, 0.05) is 15.3 Å². The van der Waals surface area contributed by atoms with Gasteiger partial charge in [0.25, 0.3) is 5.56 Å². The van der Waals surface area contributed by atoms with Crippen LogP contribution < -0.4 is 10.9 Å². The third-order valence-electron chi connectivity index (χ3n) is 5.65. The molecule has 9 heteroatoms. The van der Waals surface area contributed by atoms with Crippen LogP contribution in [0.4, 0.5) is 5.00 Å². The quantitative estimate of drug-likeness (QED) is 0.283. The molecular weight excluding hydrogens is 472 g/mol. The molecule has 1 aliphatic carbocycles. The Hall–Kier alpha value is -2.93. The second-order valence-corrected chi connectivity index (χ2v) is 11.1. The van der Waals surface area contributed by atoms with Crippen LogP contribution in [0.5, 0.6) is 0 Å². The van der Waals surface area contributed by atoms with E-state index in [1.807, 2.05) is 37.3 Å². The topological polar surface area (TPSA) is 98.6 Å². The highest BCUT2D eigenvalue weighted by atomic mass is 32.2. The van der Waals surface area contributed by atoms with Gasteiger partial charge in [-0.2, -0.15) is 5.26 Å². The van der Waals surface area contributed by atoms with Crippen molar-refractivity contribution in [3.63, 3.8) is 0 Å². The van der Waals surface area contributed by atoms with E-state index in [2.05, 4.69) is 21.4 Å². The molecule has 0 aliphatic heterocycles. The maximum absolute atomic E-state index is 12.9. The number of carbonyl (C=O) groups is 1. The summed E-state index contributed by atoms with van der Waals surface area (Å²) < 4.78 is 0. The Balaban J connectivity index is 1.34. The molecule has 6 nitrogen and oxygen atoms in total. The van der Waals surface area contributed by atoms with Crippen molar-refractivity contribution in [2.24, 2.45) is 0 Å². The predicted octanol–water partition coefficient (Wildman–Crippen LogP) is 5.50.